The molecule has 0 spiro atoms. The molecule has 0 saturated carbocycles. The van der Waals surface area contributed by atoms with Gasteiger partial charge in [0.05, 0.1) is 16.1 Å². The summed E-state index contributed by atoms with van der Waals surface area (Å²) in [5.41, 5.74) is 0.834. The van der Waals surface area contributed by atoms with Crippen LogP contribution in [0.3, 0.4) is 0 Å². The van der Waals surface area contributed by atoms with Crippen LogP contribution >= 0.6 is 23.2 Å². The van der Waals surface area contributed by atoms with E-state index in [1.807, 2.05) is 0 Å². The van der Waals surface area contributed by atoms with Crippen molar-refractivity contribution in [3.05, 3.63) is 57.6 Å². The maximum atomic E-state index is 13.7. The fourth-order valence-corrected chi connectivity index (χ4v) is 2.32. The highest BCUT2D eigenvalue weighted by Crippen LogP contribution is 2.35. The predicted octanol–water partition coefficient (Wildman–Crippen LogP) is 5.15. The number of hydrogen-bond acceptors (Lipinski definition) is 2. The lowest BCUT2D eigenvalue weighted by molar-refractivity contribution is 0.476. The van der Waals surface area contributed by atoms with Crippen LogP contribution < -0.4 is 5.32 Å². The lowest BCUT2D eigenvalue weighted by Gasteiger charge is -2.17. The van der Waals surface area contributed by atoms with Crippen molar-refractivity contribution in [3.8, 4) is 5.75 Å². The van der Waals surface area contributed by atoms with E-state index in [1.54, 1.807) is 6.92 Å². The summed E-state index contributed by atoms with van der Waals surface area (Å²) < 4.78 is 26.5. The second-order valence-corrected chi connectivity index (χ2v) is 5.13. The summed E-state index contributed by atoms with van der Waals surface area (Å²) in [5, 5.41) is 12.6. The molecule has 0 bridgehead atoms. The van der Waals surface area contributed by atoms with Crippen LogP contribution in [-0.2, 0) is 0 Å². The topological polar surface area (TPSA) is 32.3 Å². The summed E-state index contributed by atoms with van der Waals surface area (Å²) in [4.78, 5) is 0. The molecule has 1 atom stereocenters. The van der Waals surface area contributed by atoms with Crippen LogP contribution in [0.4, 0.5) is 14.5 Å². The highest BCUT2D eigenvalue weighted by atomic mass is 35.5. The molecule has 0 aliphatic carbocycles. The van der Waals surface area contributed by atoms with Gasteiger partial charge in [-0.3, -0.25) is 0 Å². The zero-order valence-corrected chi connectivity index (χ0v) is 11.9. The molecule has 2 rings (SSSR count). The molecule has 0 aromatic heterocycles. The van der Waals surface area contributed by atoms with E-state index in [0.717, 1.165) is 6.07 Å². The Morgan fingerprint density at radius 3 is 2.25 bits per heavy atom. The lowest BCUT2D eigenvalue weighted by atomic mass is 10.1. The Bertz CT molecular complexity index is 626. The first-order valence-corrected chi connectivity index (χ1v) is 6.53. The fraction of sp³-hybridized carbons (Fsp3) is 0.143. The first-order chi connectivity index (χ1) is 9.38. The van der Waals surface area contributed by atoms with Gasteiger partial charge in [0.25, 0.3) is 0 Å². The normalized spacial score (nSPS) is 12.2. The van der Waals surface area contributed by atoms with E-state index < -0.39 is 17.7 Å². The summed E-state index contributed by atoms with van der Waals surface area (Å²) in [6, 6.07) is 5.90. The van der Waals surface area contributed by atoms with Crippen LogP contribution in [0.15, 0.2) is 30.3 Å². The molecule has 2 N–H and O–H groups in total. The molecule has 0 aliphatic heterocycles. The summed E-state index contributed by atoms with van der Waals surface area (Å²) in [6.45, 7) is 1.71. The Hall–Kier alpha value is -1.52. The molecule has 0 aliphatic rings. The van der Waals surface area contributed by atoms with Crippen LogP contribution in [0.2, 0.25) is 10.0 Å². The second kappa shape index (κ2) is 5.85. The molecule has 20 heavy (non-hydrogen) atoms. The molecule has 1 unspecified atom stereocenters. The van der Waals surface area contributed by atoms with E-state index >= 15 is 0 Å². The standard InChI is InChI=1S/C14H11Cl2F2NO/c1-7(10-3-2-8(17)4-13(10)18)19-9-5-11(15)14(20)12(16)6-9/h2-7,19-20H,1H3. The van der Waals surface area contributed by atoms with Gasteiger partial charge in [0.1, 0.15) is 11.6 Å². The van der Waals surface area contributed by atoms with Gasteiger partial charge in [-0.15, -0.1) is 0 Å². The Balaban J connectivity index is 2.25. The minimum Gasteiger partial charge on any atom is -0.505 e. The van der Waals surface area contributed by atoms with E-state index in [-0.39, 0.29) is 15.8 Å². The number of phenols is 1. The molecular weight excluding hydrogens is 307 g/mol. The van der Waals surface area contributed by atoms with Crippen molar-refractivity contribution in [2.24, 2.45) is 0 Å². The molecule has 6 heteroatoms. The maximum Gasteiger partial charge on any atom is 0.152 e. The highest BCUT2D eigenvalue weighted by Gasteiger charge is 2.13. The maximum absolute atomic E-state index is 13.7. The number of anilines is 1. The molecule has 2 aromatic rings. The number of benzene rings is 2. The van der Waals surface area contributed by atoms with E-state index in [0.29, 0.717) is 11.3 Å². The predicted molar refractivity (Wildman–Crippen MR) is 76.5 cm³/mol. The van der Waals surface area contributed by atoms with Gasteiger partial charge in [0.15, 0.2) is 5.75 Å². The third-order valence-electron chi connectivity index (χ3n) is 2.83. The van der Waals surface area contributed by atoms with Crippen LogP contribution in [0.5, 0.6) is 5.75 Å². The highest BCUT2D eigenvalue weighted by molar-refractivity contribution is 6.37. The summed E-state index contributed by atoms with van der Waals surface area (Å²) in [5.74, 6) is -1.48. The number of halogens is 4. The zero-order chi connectivity index (χ0) is 14.9. The number of phenolic OH excluding ortho intramolecular Hbond substituents is 1. The van der Waals surface area contributed by atoms with Crippen molar-refractivity contribution >= 4 is 28.9 Å². The first-order valence-electron chi connectivity index (χ1n) is 5.78. The number of hydrogen-bond donors (Lipinski definition) is 2. The van der Waals surface area contributed by atoms with Gasteiger partial charge >= 0.3 is 0 Å². The van der Waals surface area contributed by atoms with Crippen LogP contribution in [0.1, 0.15) is 18.5 Å². The van der Waals surface area contributed by atoms with Crippen molar-refractivity contribution < 1.29 is 13.9 Å². The van der Waals surface area contributed by atoms with Gasteiger partial charge in [0.2, 0.25) is 0 Å². The SMILES string of the molecule is CC(Nc1cc(Cl)c(O)c(Cl)c1)c1ccc(F)cc1F. The largest absolute Gasteiger partial charge is 0.505 e. The molecule has 0 heterocycles. The minimum atomic E-state index is -0.638. The quantitative estimate of drug-likeness (QED) is 0.767. The van der Waals surface area contributed by atoms with Gasteiger partial charge in [-0.05, 0) is 25.1 Å². The second-order valence-electron chi connectivity index (χ2n) is 4.32. The van der Waals surface area contributed by atoms with Crippen molar-refractivity contribution in [2.45, 2.75) is 13.0 Å². The van der Waals surface area contributed by atoms with E-state index in [2.05, 4.69) is 5.32 Å². The average Bonchev–Trinajstić information content (AvgIpc) is 2.35. The Morgan fingerprint density at radius 1 is 1.10 bits per heavy atom. The van der Waals surface area contributed by atoms with E-state index in [9.17, 15) is 13.9 Å². The average molecular weight is 318 g/mol. The molecule has 2 aromatic carbocycles. The molecule has 0 amide bonds. The van der Waals surface area contributed by atoms with E-state index in [1.165, 1.54) is 24.3 Å². The van der Waals surface area contributed by atoms with Gasteiger partial charge in [-0.25, -0.2) is 8.78 Å². The third kappa shape index (κ3) is 3.14. The minimum absolute atomic E-state index is 0.0896. The third-order valence-corrected chi connectivity index (χ3v) is 3.41. The Labute approximate surface area is 125 Å². The smallest absolute Gasteiger partial charge is 0.152 e. The molecule has 2 nitrogen and oxygen atoms in total. The van der Waals surface area contributed by atoms with Gasteiger partial charge in [-0.2, -0.15) is 0 Å². The summed E-state index contributed by atoms with van der Waals surface area (Å²) in [7, 11) is 0. The molecule has 106 valence electrons. The fourth-order valence-electron chi connectivity index (χ4n) is 1.83. The van der Waals surface area contributed by atoms with Crippen LogP contribution in [-0.4, -0.2) is 5.11 Å². The molecule has 0 radical (unpaired) electrons. The van der Waals surface area contributed by atoms with E-state index in [4.69, 9.17) is 23.2 Å². The molecular formula is C14H11Cl2F2NO. The zero-order valence-electron chi connectivity index (χ0n) is 10.4. The van der Waals surface area contributed by atoms with Crippen molar-refractivity contribution in [1.29, 1.82) is 0 Å². The molecule has 0 fully saturated rings. The molecule has 0 saturated heterocycles. The van der Waals surface area contributed by atoms with Crippen molar-refractivity contribution in [2.75, 3.05) is 5.32 Å². The van der Waals surface area contributed by atoms with Crippen LogP contribution in [0, 0.1) is 11.6 Å². The lowest BCUT2D eigenvalue weighted by Crippen LogP contribution is -2.08. The summed E-state index contributed by atoms with van der Waals surface area (Å²) >= 11 is 11.6. The van der Waals surface area contributed by atoms with Crippen molar-refractivity contribution in [3.63, 3.8) is 0 Å². The first kappa shape index (κ1) is 14.9. The van der Waals surface area contributed by atoms with Gasteiger partial charge in [0, 0.05) is 17.3 Å². The van der Waals surface area contributed by atoms with Crippen LogP contribution in [0.25, 0.3) is 0 Å². The Kier molecular flexibility index (Phi) is 4.35. The number of aromatic hydroxyl groups is 1. The van der Waals surface area contributed by atoms with Gasteiger partial charge < -0.3 is 10.4 Å². The van der Waals surface area contributed by atoms with Gasteiger partial charge in [-0.1, -0.05) is 29.3 Å². The number of nitrogens with one attached hydrogen (secondary N) is 1. The number of rotatable bonds is 3. The Morgan fingerprint density at radius 2 is 1.70 bits per heavy atom. The van der Waals surface area contributed by atoms with Crippen molar-refractivity contribution in [1.82, 2.24) is 0 Å². The monoisotopic (exact) mass is 317 g/mol. The summed E-state index contributed by atoms with van der Waals surface area (Å²) in [6.07, 6.45) is 0.